The van der Waals surface area contributed by atoms with Gasteiger partial charge in [0.05, 0.1) is 10.8 Å². The van der Waals surface area contributed by atoms with E-state index in [0.29, 0.717) is 13.1 Å². The number of rotatable bonds is 4. The van der Waals surface area contributed by atoms with Crippen LogP contribution in [-0.2, 0) is 11.3 Å². The van der Waals surface area contributed by atoms with Crippen LogP contribution in [0.2, 0.25) is 0 Å². The molecular formula is C19H22N2O2S. The van der Waals surface area contributed by atoms with Crippen LogP contribution in [0.25, 0.3) is 0 Å². The molecule has 0 radical (unpaired) electrons. The molecule has 2 heterocycles. The second kappa shape index (κ2) is 7.62. The third kappa shape index (κ3) is 4.03. The lowest BCUT2D eigenvalue weighted by atomic mass is 9.97. The van der Waals surface area contributed by atoms with E-state index in [0.717, 1.165) is 29.8 Å². The highest BCUT2D eigenvalue weighted by Crippen LogP contribution is 2.20. The lowest BCUT2D eigenvalue weighted by Crippen LogP contribution is -2.45. The van der Waals surface area contributed by atoms with Crippen molar-refractivity contribution in [2.75, 3.05) is 13.1 Å². The third-order valence-corrected chi connectivity index (χ3v) is 5.22. The van der Waals surface area contributed by atoms with E-state index in [1.54, 1.807) is 0 Å². The van der Waals surface area contributed by atoms with E-state index >= 15 is 0 Å². The number of benzene rings is 1. The van der Waals surface area contributed by atoms with Crippen LogP contribution in [0.3, 0.4) is 0 Å². The molecule has 1 aliphatic rings. The summed E-state index contributed by atoms with van der Waals surface area (Å²) >= 11 is 1.45. The second-order valence-corrected chi connectivity index (χ2v) is 7.22. The minimum atomic E-state index is -0.118. The number of aryl methyl sites for hydroxylation is 1. The van der Waals surface area contributed by atoms with Crippen LogP contribution in [0.1, 0.15) is 33.6 Å². The molecule has 0 saturated carbocycles. The van der Waals surface area contributed by atoms with Crippen molar-refractivity contribution in [3.63, 3.8) is 0 Å². The molecule has 0 aliphatic carbocycles. The van der Waals surface area contributed by atoms with Gasteiger partial charge in [-0.1, -0.05) is 35.9 Å². The molecule has 1 saturated heterocycles. The third-order valence-electron chi connectivity index (χ3n) is 4.36. The molecule has 1 fully saturated rings. The van der Waals surface area contributed by atoms with Crippen molar-refractivity contribution in [3.05, 3.63) is 57.8 Å². The zero-order valence-electron chi connectivity index (χ0n) is 13.8. The molecule has 1 aliphatic heterocycles. The predicted octanol–water partition coefficient (Wildman–Crippen LogP) is 3.23. The van der Waals surface area contributed by atoms with Gasteiger partial charge < -0.3 is 10.2 Å². The molecular weight excluding hydrogens is 320 g/mol. The van der Waals surface area contributed by atoms with Gasteiger partial charge >= 0.3 is 0 Å². The van der Waals surface area contributed by atoms with E-state index in [2.05, 4.69) is 11.4 Å². The summed E-state index contributed by atoms with van der Waals surface area (Å²) < 4.78 is 0. The Kier molecular flexibility index (Phi) is 5.30. The van der Waals surface area contributed by atoms with Crippen LogP contribution in [0.15, 0.2) is 41.8 Å². The Bertz CT molecular complexity index is 712. The molecule has 5 heteroatoms. The van der Waals surface area contributed by atoms with Gasteiger partial charge in [0.15, 0.2) is 0 Å². The first-order valence-corrected chi connectivity index (χ1v) is 9.17. The molecule has 126 valence electrons. The van der Waals surface area contributed by atoms with E-state index in [1.165, 1.54) is 16.9 Å². The summed E-state index contributed by atoms with van der Waals surface area (Å²) in [6, 6.07) is 11.9. The normalized spacial score (nSPS) is 17.5. The zero-order valence-corrected chi connectivity index (χ0v) is 14.6. The number of piperidine rings is 1. The van der Waals surface area contributed by atoms with Crippen LogP contribution in [0.4, 0.5) is 0 Å². The summed E-state index contributed by atoms with van der Waals surface area (Å²) in [7, 11) is 0. The van der Waals surface area contributed by atoms with E-state index in [9.17, 15) is 9.59 Å². The van der Waals surface area contributed by atoms with Gasteiger partial charge in [-0.15, -0.1) is 11.3 Å². The monoisotopic (exact) mass is 342 g/mol. The number of thiophene rings is 1. The molecule has 24 heavy (non-hydrogen) atoms. The zero-order chi connectivity index (χ0) is 16.9. The van der Waals surface area contributed by atoms with Crippen molar-refractivity contribution in [2.45, 2.75) is 26.3 Å². The number of nitrogens with zero attached hydrogens (tertiary/aromatic N) is 1. The standard InChI is InChI=1S/C19H22N2O2S/c1-14-5-2-6-15(11-14)12-20-18(22)16-7-3-9-21(13-16)19(23)17-8-4-10-24-17/h2,4-6,8,10-11,16H,3,7,9,12-13H2,1H3,(H,20,22). The van der Waals surface area contributed by atoms with Crippen LogP contribution in [0.5, 0.6) is 0 Å². The first-order valence-electron chi connectivity index (χ1n) is 8.29. The lowest BCUT2D eigenvalue weighted by Gasteiger charge is -2.31. The Morgan fingerprint density at radius 2 is 2.17 bits per heavy atom. The molecule has 2 aromatic rings. The molecule has 2 amide bonds. The van der Waals surface area contributed by atoms with Crippen LogP contribution < -0.4 is 5.32 Å². The fraction of sp³-hybridized carbons (Fsp3) is 0.368. The molecule has 4 nitrogen and oxygen atoms in total. The smallest absolute Gasteiger partial charge is 0.263 e. The molecule has 1 aromatic carbocycles. The van der Waals surface area contributed by atoms with Gasteiger partial charge in [0.25, 0.3) is 5.91 Å². The molecule has 1 N–H and O–H groups in total. The average Bonchev–Trinajstić information content (AvgIpc) is 3.14. The minimum Gasteiger partial charge on any atom is -0.352 e. The summed E-state index contributed by atoms with van der Waals surface area (Å²) in [6.07, 6.45) is 1.72. The number of hydrogen-bond acceptors (Lipinski definition) is 3. The largest absolute Gasteiger partial charge is 0.352 e. The van der Waals surface area contributed by atoms with Crippen molar-refractivity contribution in [1.82, 2.24) is 10.2 Å². The first kappa shape index (κ1) is 16.7. The maximum atomic E-state index is 12.5. The fourth-order valence-electron chi connectivity index (χ4n) is 3.09. The van der Waals surface area contributed by atoms with Crippen molar-refractivity contribution >= 4 is 23.2 Å². The van der Waals surface area contributed by atoms with Gasteiger partial charge in [0.1, 0.15) is 0 Å². The summed E-state index contributed by atoms with van der Waals surface area (Å²) in [6.45, 7) is 3.82. The van der Waals surface area contributed by atoms with Gasteiger partial charge in [-0.3, -0.25) is 9.59 Å². The van der Waals surface area contributed by atoms with E-state index in [1.807, 2.05) is 47.5 Å². The molecule has 1 aromatic heterocycles. The van der Waals surface area contributed by atoms with Crippen molar-refractivity contribution in [2.24, 2.45) is 5.92 Å². The van der Waals surface area contributed by atoms with Crippen LogP contribution >= 0.6 is 11.3 Å². The topological polar surface area (TPSA) is 49.4 Å². The summed E-state index contributed by atoms with van der Waals surface area (Å²) in [5.41, 5.74) is 2.29. The van der Waals surface area contributed by atoms with E-state index in [-0.39, 0.29) is 17.7 Å². The summed E-state index contributed by atoms with van der Waals surface area (Å²) in [5.74, 6) is -0.0335. The highest BCUT2D eigenvalue weighted by atomic mass is 32.1. The first-order chi connectivity index (χ1) is 11.6. The average molecular weight is 342 g/mol. The number of hydrogen-bond donors (Lipinski definition) is 1. The van der Waals surface area contributed by atoms with Gasteiger partial charge in [0, 0.05) is 19.6 Å². The Balaban J connectivity index is 1.56. The van der Waals surface area contributed by atoms with Gasteiger partial charge in [-0.05, 0) is 36.8 Å². The number of likely N-dealkylation sites (tertiary alicyclic amines) is 1. The quantitative estimate of drug-likeness (QED) is 0.927. The number of amides is 2. The van der Waals surface area contributed by atoms with Gasteiger partial charge in [0.2, 0.25) is 5.91 Å². The number of carbonyl (C=O) groups excluding carboxylic acids is 2. The van der Waals surface area contributed by atoms with Crippen LogP contribution in [-0.4, -0.2) is 29.8 Å². The molecule has 1 atom stereocenters. The summed E-state index contributed by atoms with van der Waals surface area (Å²) in [4.78, 5) is 27.5. The van der Waals surface area contributed by atoms with Crippen LogP contribution in [0, 0.1) is 12.8 Å². The van der Waals surface area contributed by atoms with Gasteiger partial charge in [-0.2, -0.15) is 0 Å². The van der Waals surface area contributed by atoms with E-state index < -0.39 is 0 Å². The van der Waals surface area contributed by atoms with E-state index in [4.69, 9.17) is 0 Å². The Morgan fingerprint density at radius 3 is 2.92 bits per heavy atom. The van der Waals surface area contributed by atoms with Gasteiger partial charge in [-0.25, -0.2) is 0 Å². The fourth-order valence-corrected chi connectivity index (χ4v) is 3.78. The maximum Gasteiger partial charge on any atom is 0.263 e. The molecule has 0 spiro atoms. The highest BCUT2D eigenvalue weighted by molar-refractivity contribution is 7.12. The molecule has 3 rings (SSSR count). The second-order valence-electron chi connectivity index (χ2n) is 6.27. The lowest BCUT2D eigenvalue weighted by molar-refractivity contribution is -0.126. The van der Waals surface area contributed by atoms with Crippen molar-refractivity contribution < 1.29 is 9.59 Å². The van der Waals surface area contributed by atoms with Crippen molar-refractivity contribution in [3.8, 4) is 0 Å². The molecule has 1 unspecified atom stereocenters. The molecule has 0 bridgehead atoms. The highest BCUT2D eigenvalue weighted by Gasteiger charge is 2.29. The SMILES string of the molecule is Cc1cccc(CNC(=O)C2CCCN(C(=O)c3cccs3)C2)c1. The Morgan fingerprint density at radius 1 is 1.29 bits per heavy atom. The number of carbonyl (C=O) groups is 2. The number of nitrogens with one attached hydrogen (secondary N) is 1. The summed E-state index contributed by atoms with van der Waals surface area (Å²) in [5, 5.41) is 4.92. The Labute approximate surface area is 146 Å². The predicted molar refractivity (Wildman–Crippen MR) is 96.0 cm³/mol. The Hall–Kier alpha value is -2.14. The minimum absolute atomic E-state index is 0.0418. The van der Waals surface area contributed by atoms with Crippen molar-refractivity contribution in [1.29, 1.82) is 0 Å². The maximum absolute atomic E-state index is 12.5.